The molecule has 2 fully saturated rings. The number of halogens is 1. The van der Waals surface area contributed by atoms with Crippen LogP contribution in [0.3, 0.4) is 0 Å². The highest BCUT2D eigenvalue weighted by Gasteiger charge is 2.77. The first-order valence-electron chi connectivity index (χ1n) is 9.70. The van der Waals surface area contributed by atoms with Gasteiger partial charge in [0.15, 0.2) is 5.78 Å². The molecule has 2 aliphatic rings. The van der Waals surface area contributed by atoms with Crippen LogP contribution in [0.25, 0.3) is 10.8 Å². The number of anilines is 1. The predicted molar refractivity (Wildman–Crippen MR) is 113 cm³/mol. The molecule has 4 rings (SSSR count). The van der Waals surface area contributed by atoms with Crippen LogP contribution >= 0.6 is 15.9 Å². The molecule has 3 atom stereocenters. The standard InChI is InChI=1S/C23H26BrNO2/c1-5-25(17-12-8-10-15-9-6-7-11-16(15)17)20(27)23-14-13-22(4,21(23,2)3)19(26)18(23)24/h6-12,18H,5,13-14H2,1-4H3. The highest BCUT2D eigenvalue weighted by Crippen LogP contribution is 2.72. The van der Waals surface area contributed by atoms with Gasteiger partial charge in [0.2, 0.25) is 5.91 Å². The van der Waals surface area contributed by atoms with E-state index in [2.05, 4.69) is 48.0 Å². The summed E-state index contributed by atoms with van der Waals surface area (Å²) in [6.45, 7) is 8.84. The molecule has 0 heterocycles. The lowest BCUT2D eigenvalue weighted by Gasteiger charge is -2.42. The molecular weight excluding hydrogens is 402 g/mol. The highest BCUT2D eigenvalue weighted by molar-refractivity contribution is 9.10. The van der Waals surface area contributed by atoms with Gasteiger partial charge in [0.1, 0.15) is 0 Å². The van der Waals surface area contributed by atoms with E-state index >= 15 is 0 Å². The number of hydrogen-bond acceptors (Lipinski definition) is 2. The summed E-state index contributed by atoms with van der Waals surface area (Å²) in [6.07, 6.45) is 1.53. The first-order chi connectivity index (χ1) is 12.7. The van der Waals surface area contributed by atoms with Crippen LogP contribution in [0.4, 0.5) is 5.69 Å². The molecule has 0 aliphatic heterocycles. The van der Waals surface area contributed by atoms with Gasteiger partial charge in [-0.15, -0.1) is 0 Å². The van der Waals surface area contributed by atoms with E-state index in [0.29, 0.717) is 6.54 Å². The molecule has 2 aliphatic carbocycles. The summed E-state index contributed by atoms with van der Waals surface area (Å²) in [5.41, 5.74) is -0.611. The van der Waals surface area contributed by atoms with Crippen molar-refractivity contribution in [3.8, 4) is 0 Å². The Morgan fingerprint density at radius 3 is 2.41 bits per heavy atom. The van der Waals surface area contributed by atoms with Crippen LogP contribution < -0.4 is 4.90 Å². The van der Waals surface area contributed by atoms with Crippen molar-refractivity contribution in [1.29, 1.82) is 0 Å². The molecule has 0 aromatic heterocycles. The molecule has 0 spiro atoms. The van der Waals surface area contributed by atoms with Crippen molar-refractivity contribution in [2.75, 3.05) is 11.4 Å². The maximum atomic E-state index is 14.1. The summed E-state index contributed by atoms with van der Waals surface area (Å²) in [4.78, 5) is 28.6. The first kappa shape index (κ1) is 18.7. The van der Waals surface area contributed by atoms with Crippen molar-refractivity contribution in [3.05, 3.63) is 42.5 Å². The third-order valence-electron chi connectivity index (χ3n) is 7.72. The Hall–Kier alpha value is -1.68. The largest absolute Gasteiger partial charge is 0.312 e. The Morgan fingerprint density at radius 1 is 1.11 bits per heavy atom. The van der Waals surface area contributed by atoms with Gasteiger partial charge in [-0.05, 0) is 36.6 Å². The molecule has 2 aromatic rings. The molecule has 3 unspecified atom stereocenters. The Morgan fingerprint density at radius 2 is 1.78 bits per heavy atom. The van der Waals surface area contributed by atoms with Crippen molar-refractivity contribution >= 4 is 44.1 Å². The van der Waals surface area contributed by atoms with Crippen molar-refractivity contribution < 1.29 is 9.59 Å². The van der Waals surface area contributed by atoms with Crippen molar-refractivity contribution in [2.45, 2.75) is 45.4 Å². The van der Waals surface area contributed by atoms with E-state index in [1.807, 2.05) is 43.0 Å². The van der Waals surface area contributed by atoms with Crippen LogP contribution in [0.5, 0.6) is 0 Å². The van der Waals surface area contributed by atoms with Gasteiger partial charge < -0.3 is 4.90 Å². The van der Waals surface area contributed by atoms with E-state index in [4.69, 9.17) is 0 Å². The van der Waals surface area contributed by atoms with Gasteiger partial charge >= 0.3 is 0 Å². The summed E-state index contributed by atoms with van der Waals surface area (Å²) >= 11 is 3.65. The normalized spacial score (nSPS) is 31.4. The predicted octanol–water partition coefficient (Wildman–Crippen LogP) is 5.35. The van der Waals surface area contributed by atoms with Crippen LogP contribution in [0.15, 0.2) is 42.5 Å². The third-order valence-corrected chi connectivity index (χ3v) is 8.92. The summed E-state index contributed by atoms with van der Waals surface area (Å²) in [5, 5.41) is 2.19. The number of carbonyl (C=O) groups is 2. The Bertz CT molecular complexity index is 947. The molecule has 0 radical (unpaired) electrons. The maximum absolute atomic E-state index is 14.1. The smallest absolute Gasteiger partial charge is 0.235 e. The molecule has 0 N–H and O–H groups in total. The zero-order valence-electron chi connectivity index (χ0n) is 16.4. The quantitative estimate of drug-likeness (QED) is 0.618. The summed E-state index contributed by atoms with van der Waals surface area (Å²) in [7, 11) is 0. The highest BCUT2D eigenvalue weighted by atomic mass is 79.9. The van der Waals surface area contributed by atoms with Gasteiger partial charge in [-0.1, -0.05) is 73.1 Å². The summed E-state index contributed by atoms with van der Waals surface area (Å²) < 4.78 is 0. The van der Waals surface area contributed by atoms with Crippen LogP contribution in [0.1, 0.15) is 40.5 Å². The summed E-state index contributed by atoms with van der Waals surface area (Å²) in [6, 6.07) is 14.2. The topological polar surface area (TPSA) is 37.4 Å². The molecule has 27 heavy (non-hydrogen) atoms. The maximum Gasteiger partial charge on any atom is 0.235 e. The van der Waals surface area contributed by atoms with E-state index in [9.17, 15) is 9.59 Å². The molecule has 4 heteroatoms. The monoisotopic (exact) mass is 427 g/mol. The van der Waals surface area contributed by atoms with Crippen molar-refractivity contribution in [1.82, 2.24) is 0 Å². The Balaban J connectivity index is 1.87. The average Bonchev–Trinajstić information content (AvgIpc) is 2.94. The van der Waals surface area contributed by atoms with Crippen LogP contribution in [0.2, 0.25) is 0 Å². The summed E-state index contributed by atoms with van der Waals surface area (Å²) in [5.74, 6) is 0.254. The van der Waals surface area contributed by atoms with Crippen LogP contribution in [0, 0.1) is 16.2 Å². The molecule has 2 saturated carbocycles. The number of alkyl halides is 1. The molecule has 3 nitrogen and oxygen atoms in total. The number of fused-ring (bicyclic) bond motifs is 3. The molecule has 142 valence electrons. The lowest BCUT2D eigenvalue weighted by Crippen LogP contribution is -2.52. The van der Waals surface area contributed by atoms with Gasteiger partial charge in [0.05, 0.1) is 15.9 Å². The van der Waals surface area contributed by atoms with Gasteiger partial charge in [0, 0.05) is 17.3 Å². The SMILES string of the molecule is CCN(C(=O)C12CCC(C)(C(=O)C1Br)C2(C)C)c1cccc2ccccc12. The first-order valence-corrected chi connectivity index (χ1v) is 10.6. The average molecular weight is 428 g/mol. The zero-order chi connectivity index (χ0) is 19.6. The van der Waals surface area contributed by atoms with Crippen LogP contribution in [-0.2, 0) is 9.59 Å². The van der Waals surface area contributed by atoms with Crippen molar-refractivity contribution in [2.24, 2.45) is 16.2 Å². The van der Waals surface area contributed by atoms with Gasteiger partial charge in [-0.25, -0.2) is 0 Å². The van der Waals surface area contributed by atoms with E-state index in [1.165, 1.54) is 0 Å². The van der Waals surface area contributed by atoms with Crippen LogP contribution in [-0.4, -0.2) is 23.1 Å². The Kier molecular flexibility index (Phi) is 4.08. The number of carbonyl (C=O) groups excluding carboxylic acids is 2. The second-order valence-corrected chi connectivity index (χ2v) is 9.62. The minimum atomic E-state index is -0.703. The fourth-order valence-corrected chi connectivity index (χ4v) is 7.04. The lowest BCUT2D eigenvalue weighted by atomic mass is 9.64. The molecule has 1 amide bonds. The van der Waals surface area contributed by atoms with Gasteiger partial charge in [-0.2, -0.15) is 0 Å². The van der Waals surface area contributed by atoms with E-state index < -0.39 is 15.7 Å². The zero-order valence-corrected chi connectivity index (χ0v) is 18.0. The van der Waals surface area contributed by atoms with Crippen molar-refractivity contribution in [3.63, 3.8) is 0 Å². The Labute approximate surface area is 169 Å². The number of amides is 1. The number of rotatable bonds is 3. The van der Waals surface area contributed by atoms with E-state index in [-0.39, 0.29) is 17.1 Å². The molecule has 2 bridgehead atoms. The second-order valence-electron chi connectivity index (χ2n) is 8.70. The number of benzene rings is 2. The fourth-order valence-electron chi connectivity index (χ4n) is 5.53. The minimum absolute atomic E-state index is 0.0720. The second kappa shape index (κ2) is 5.91. The van der Waals surface area contributed by atoms with E-state index in [1.54, 1.807) is 0 Å². The lowest BCUT2D eigenvalue weighted by molar-refractivity contribution is -0.133. The van der Waals surface area contributed by atoms with Gasteiger partial charge in [-0.3, -0.25) is 9.59 Å². The fraction of sp³-hybridized carbons (Fsp3) is 0.478. The number of ketones is 1. The number of hydrogen-bond donors (Lipinski definition) is 0. The third kappa shape index (κ3) is 2.08. The number of nitrogens with zero attached hydrogens (tertiary/aromatic N) is 1. The molecular formula is C23H26BrNO2. The molecule has 0 saturated heterocycles. The van der Waals surface area contributed by atoms with Gasteiger partial charge in [0.25, 0.3) is 0 Å². The molecule has 2 aromatic carbocycles. The van der Waals surface area contributed by atoms with E-state index in [0.717, 1.165) is 29.3 Å². The minimum Gasteiger partial charge on any atom is -0.312 e. The number of Topliss-reactive ketones (excluding diaryl/α,β-unsaturated/α-hetero) is 1.